The van der Waals surface area contributed by atoms with Gasteiger partial charge in [-0.2, -0.15) is 9.97 Å². The number of imidazole rings is 1. The Kier molecular flexibility index (Phi) is 9.11. The largest absolute Gasteiger partial charge is 0.573 e. The average Bonchev–Trinajstić information content (AvgIpc) is 3.62. The van der Waals surface area contributed by atoms with Gasteiger partial charge >= 0.3 is 12.3 Å². The van der Waals surface area contributed by atoms with Gasteiger partial charge in [0.25, 0.3) is 0 Å². The van der Waals surface area contributed by atoms with E-state index < -0.39 is 54.6 Å². The molecule has 0 saturated heterocycles. The highest BCUT2D eigenvalue weighted by Crippen LogP contribution is 2.35. The minimum atomic E-state index is -4.98. The van der Waals surface area contributed by atoms with Gasteiger partial charge in [-0.05, 0) is 29.3 Å². The van der Waals surface area contributed by atoms with Crippen LogP contribution in [0.3, 0.4) is 0 Å². The van der Waals surface area contributed by atoms with Crippen molar-refractivity contribution in [2.24, 2.45) is 0 Å². The van der Waals surface area contributed by atoms with E-state index in [4.69, 9.17) is 33.2 Å². The number of alkyl halides is 3. The molecule has 0 aliphatic carbocycles. The van der Waals surface area contributed by atoms with Crippen molar-refractivity contribution in [3.8, 4) is 18.1 Å². The molecule has 3 aromatic heterocycles. The first-order valence-electron chi connectivity index (χ1n) is 11.9. The third-order valence-electron chi connectivity index (χ3n) is 6.34. The number of fused-ring (bicyclic) bond motifs is 1. The van der Waals surface area contributed by atoms with Crippen LogP contribution in [-0.4, -0.2) is 77.6 Å². The summed E-state index contributed by atoms with van der Waals surface area (Å²) in [4.78, 5) is 28.6. The van der Waals surface area contributed by atoms with E-state index in [0.29, 0.717) is 0 Å². The van der Waals surface area contributed by atoms with Gasteiger partial charge in [-0.15, -0.1) is 30.9 Å². The quantitative estimate of drug-likeness (QED) is 0.131. The Morgan fingerprint density at radius 2 is 2.05 bits per heavy atom. The zero-order chi connectivity index (χ0) is 31.6. The van der Waals surface area contributed by atoms with Gasteiger partial charge in [0.1, 0.15) is 17.4 Å². The van der Waals surface area contributed by atoms with Crippen LogP contribution in [0.25, 0.3) is 11.2 Å². The van der Waals surface area contributed by atoms with E-state index in [1.165, 1.54) is 23.0 Å². The predicted octanol–water partition coefficient (Wildman–Crippen LogP) is 2.53. The minimum Gasteiger partial charge on any atom is -0.479 e. The molecule has 228 valence electrons. The number of aromatic nitrogens is 5. The topological polar surface area (TPSA) is 188 Å². The maximum Gasteiger partial charge on any atom is 0.573 e. The third-order valence-corrected chi connectivity index (χ3v) is 7.10. The summed E-state index contributed by atoms with van der Waals surface area (Å²) in [5.41, 5.74) is 2.15. The zero-order valence-electron chi connectivity index (χ0n) is 21.9. The van der Waals surface area contributed by atoms with Crippen LogP contribution < -0.4 is 10.5 Å². The van der Waals surface area contributed by atoms with Gasteiger partial charge < -0.3 is 35.3 Å². The van der Waals surface area contributed by atoms with Crippen LogP contribution in [-0.2, 0) is 26.3 Å². The SMILES string of the molecule is C#C[C@@](O)([C@@H](COC(Cc1cccc(OC(F)(F)F)c1)(C(=O)O)c1cscn1)OC)[C@@H](O)n1cnc2c(N)nc(Cl)nc21. The molecule has 0 radical (unpaired) electrons. The number of aliphatic carboxylic acids is 1. The first kappa shape index (κ1) is 31.9. The molecule has 0 saturated carbocycles. The van der Waals surface area contributed by atoms with Crippen LogP contribution in [0.4, 0.5) is 19.0 Å². The van der Waals surface area contributed by atoms with Crippen molar-refractivity contribution < 1.29 is 47.5 Å². The van der Waals surface area contributed by atoms with E-state index in [0.717, 1.165) is 41.5 Å². The summed E-state index contributed by atoms with van der Waals surface area (Å²) in [6, 6.07) is 4.66. The summed E-state index contributed by atoms with van der Waals surface area (Å²) in [5, 5.41) is 34.2. The lowest BCUT2D eigenvalue weighted by Gasteiger charge is -2.37. The molecule has 4 atom stereocenters. The van der Waals surface area contributed by atoms with E-state index in [1.807, 2.05) is 0 Å². The fraction of sp³-hybridized carbons (Fsp3) is 0.320. The van der Waals surface area contributed by atoms with Gasteiger partial charge in [0.15, 0.2) is 23.3 Å². The molecule has 3 heterocycles. The van der Waals surface area contributed by atoms with Gasteiger partial charge in [0.05, 0.1) is 24.1 Å². The summed E-state index contributed by atoms with van der Waals surface area (Å²) < 4.78 is 54.5. The molecule has 5 N–H and O–H groups in total. The second kappa shape index (κ2) is 12.3. The molecule has 18 heteroatoms. The number of nitrogen functional groups attached to an aromatic ring is 1. The Morgan fingerprint density at radius 1 is 1.30 bits per heavy atom. The minimum absolute atomic E-state index is 0.0400. The first-order chi connectivity index (χ1) is 20.2. The lowest BCUT2D eigenvalue weighted by molar-refractivity contribution is -0.274. The van der Waals surface area contributed by atoms with E-state index in [9.17, 15) is 33.3 Å². The Bertz CT molecular complexity index is 1650. The summed E-state index contributed by atoms with van der Waals surface area (Å²) in [5.74, 6) is -0.215. The Morgan fingerprint density at radius 3 is 2.65 bits per heavy atom. The summed E-state index contributed by atoms with van der Waals surface area (Å²) in [6.07, 6.45) is -2.44. The Hall–Kier alpha value is -4.05. The number of benzene rings is 1. The normalized spacial score (nSPS) is 16.1. The van der Waals surface area contributed by atoms with Crippen molar-refractivity contribution in [3.63, 3.8) is 0 Å². The molecule has 0 fully saturated rings. The maximum absolute atomic E-state index is 12.8. The zero-order valence-corrected chi connectivity index (χ0v) is 23.5. The lowest BCUT2D eigenvalue weighted by Crippen LogP contribution is -2.53. The van der Waals surface area contributed by atoms with Crippen LogP contribution in [0.1, 0.15) is 17.5 Å². The van der Waals surface area contributed by atoms with Crippen LogP contribution in [0.5, 0.6) is 5.75 Å². The number of anilines is 1. The number of rotatable bonds is 12. The fourth-order valence-electron chi connectivity index (χ4n) is 4.24. The number of aliphatic hydroxyl groups excluding tert-OH is 1. The Labute approximate surface area is 249 Å². The number of terminal acetylenes is 1. The molecular weight excluding hydrogens is 621 g/mol. The standard InChI is InChI=1S/C25H22ClF3N6O7S/c1-3-23(39,20(36)35-11-31-17-18(30)33-22(26)34-19(17)35)16(40-2)9-41-24(21(37)38,15-10-43-12-32-15)8-13-5-4-6-14(7-13)42-25(27,28)29/h1,4-7,10-12,16,20,36,39H,8-9H2,2H3,(H,37,38)(H2,30,33,34)/t16-,20-,23-,24?/m1/s1. The Balaban J connectivity index is 1.69. The molecule has 1 unspecified atom stereocenters. The van der Waals surface area contributed by atoms with E-state index >= 15 is 0 Å². The summed E-state index contributed by atoms with van der Waals surface area (Å²) in [6.45, 7) is -0.763. The van der Waals surface area contributed by atoms with Crippen molar-refractivity contribution in [1.29, 1.82) is 0 Å². The number of carboxylic acid groups (broad SMARTS) is 1. The smallest absolute Gasteiger partial charge is 0.479 e. The number of ether oxygens (including phenoxy) is 3. The highest BCUT2D eigenvalue weighted by molar-refractivity contribution is 7.07. The van der Waals surface area contributed by atoms with E-state index in [-0.39, 0.29) is 33.5 Å². The van der Waals surface area contributed by atoms with Crippen molar-refractivity contribution in [2.45, 2.75) is 36.3 Å². The van der Waals surface area contributed by atoms with Gasteiger partial charge in [-0.1, -0.05) is 18.1 Å². The lowest BCUT2D eigenvalue weighted by atomic mass is 9.90. The number of hydrogen-bond donors (Lipinski definition) is 4. The number of methoxy groups -OCH3 is 1. The monoisotopic (exact) mass is 642 g/mol. The van der Waals surface area contributed by atoms with Crippen molar-refractivity contribution >= 4 is 45.9 Å². The second-order valence-corrected chi connectivity index (χ2v) is 10.0. The molecule has 0 bridgehead atoms. The number of nitrogens with two attached hydrogens (primary N) is 1. The van der Waals surface area contributed by atoms with Gasteiger partial charge in [0, 0.05) is 18.9 Å². The number of nitrogens with zero attached hydrogens (tertiary/aromatic N) is 5. The number of carbonyl (C=O) groups is 1. The third kappa shape index (κ3) is 6.49. The molecule has 13 nitrogen and oxygen atoms in total. The fourth-order valence-corrected chi connectivity index (χ4v) is 5.03. The van der Waals surface area contributed by atoms with E-state index in [1.54, 1.807) is 0 Å². The second-order valence-electron chi connectivity index (χ2n) is 8.96. The number of hydrogen-bond acceptors (Lipinski definition) is 12. The van der Waals surface area contributed by atoms with Gasteiger partial charge in [0.2, 0.25) is 10.9 Å². The highest BCUT2D eigenvalue weighted by Gasteiger charge is 2.49. The number of halogens is 4. The number of thiazole rings is 1. The van der Waals surface area contributed by atoms with Crippen LogP contribution in [0.15, 0.2) is 41.5 Å². The van der Waals surface area contributed by atoms with Crippen molar-refractivity contribution in [2.75, 3.05) is 19.5 Å². The molecule has 0 aliphatic rings. The van der Waals surface area contributed by atoms with E-state index in [2.05, 4.69) is 30.6 Å². The van der Waals surface area contributed by atoms with Crippen molar-refractivity contribution in [1.82, 2.24) is 24.5 Å². The first-order valence-corrected chi connectivity index (χ1v) is 13.2. The molecule has 4 aromatic rings. The molecule has 0 amide bonds. The highest BCUT2D eigenvalue weighted by atomic mass is 35.5. The molecule has 1 aromatic carbocycles. The summed E-state index contributed by atoms with van der Waals surface area (Å²) in [7, 11) is 1.12. The molecule has 4 rings (SSSR count). The van der Waals surface area contributed by atoms with Crippen LogP contribution >= 0.6 is 22.9 Å². The summed E-state index contributed by atoms with van der Waals surface area (Å²) >= 11 is 6.92. The number of aliphatic hydroxyl groups is 2. The molecule has 43 heavy (non-hydrogen) atoms. The number of carboxylic acids is 1. The molecule has 0 aliphatic heterocycles. The van der Waals surface area contributed by atoms with Gasteiger partial charge in [-0.25, -0.2) is 14.8 Å². The van der Waals surface area contributed by atoms with Crippen LogP contribution in [0.2, 0.25) is 5.28 Å². The average molecular weight is 643 g/mol. The molecule has 0 spiro atoms. The van der Waals surface area contributed by atoms with Gasteiger partial charge in [-0.3, -0.25) is 4.57 Å². The maximum atomic E-state index is 12.8. The van der Waals surface area contributed by atoms with Crippen molar-refractivity contribution in [3.05, 3.63) is 58.0 Å². The molecular formula is C25H22ClF3N6O7S. The predicted molar refractivity (Wildman–Crippen MR) is 145 cm³/mol. The van der Waals surface area contributed by atoms with Crippen LogP contribution in [0, 0.1) is 12.3 Å².